The lowest BCUT2D eigenvalue weighted by Gasteiger charge is -2.04. The first kappa shape index (κ1) is 10.9. The molecule has 0 fully saturated rings. The van der Waals surface area contributed by atoms with E-state index >= 15 is 0 Å². The second kappa shape index (κ2) is 4.91. The van der Waals surface area contributed by atoms with Crippen LogP contribution in [0.15, 0.2) is 36.5 Å². The average molecular weight is 205 g/mol. The smallest absolute Gasteiger partial charge is 0.0463 e. The lowest BCUT2D eigenvalue weighted by atomic mass is 10.1. The van der Waals surface area contributed by atoms with Gasteiger partial charge in [0.25, 0.3) is 0 Å². The first-order chi connectivity index (χ1) is 6.59. The van der Waals surface area contributed by atoms with Gasteiger partial charge < -0.3 is 4.90 Å². The topological polar surface area (TPSA) is 3.24 Å². The van der Waals surface area contributed by atoms with Crippen molar-refractivity contribution in [2.45, 2.75) is 6.92 Å². The Bertz CT molecular complexity index is 336. The van der Waals surface area contributed by atoms with Gasteiger partial charge in [-0.25, -0.2) is 0 Å². The molecule has 2 heteroatoms. The minimum Gasteiger partial charge on any atom is -0.383 e. The molecule has 0 spiro atoms. The van der Waals surface area contributed by atoms with E-state index in [0.717, 1.165) is 10.4 Å². The average Bonchev–Trinajstić information content (AvgIpc) is 2.15. The molecule has 1 aromatic carbocycles. The molecule has 0 heterocycles. The molecule has 0 radical (unpaired) electrons. The van der Waals surface area contributed by atoms with E-state index in [1.54, 1.807) is 0 Å². The molecular weight excluding hydrogens is 190 g/mol. The Morgan fingerprint density at radius 1 is 1.21 bits per heavy atom. The molecule has 1 aromatic rings. The van der Waals surface area contributed by atoms with Gasteiger partial charge in [-0.1, -0.05) is 42.0 Å². The molecule has 0 aliphatic heterocycles. The van der Waals surface area contributed by atoms with E-state index in [-0.39, 0.29) is 0 Å². The van der Waals surface area contributed by atoms with Crippen LogP contribution in [0.4, 0.5) is 0 Å². The Morgan fingerprint density at radius 2 is 1.79 bits per heavy atom. The third-order valence-electron chi connectivity index (χ3n) is 1.86. The van der Waals surface area contributed by atoms with Crippen molar-refractivity contribution >= 4 is 17.1 Å². The van der Waals surface area contributed by atoms with Crippen molar-refractivity contribution in [3.05, 3.63) is 47.7 Å². The van der Waals surface area contributed by atoms with Gasteiger partial charge >= 0.3 is 0 Å². The summed E-state index contributed by atoms with van der Waals surface area (Å²) in [4.78, 5) is 2.85. The SMILES string of the molecule is Cc1ccc(C(=S)C=CN(C)C)cc1. The van der Waals surface area contributed by atoms with Crippen molar-refractivity contribution in [3.8, 4) is 0 Å². The van der Waals surface area contributed by atoms with Crippen molar-refractivity contribution in [3.63, 3.8) is 0 Å². The Kier molecular flexibility index (Phi) is 3.84. The molecule has 1 nitrogen and oxygen atoms in total. The molecule has 0 atom stereocenters. The quantitative estimate of drug-likeness (QED) is 0.424. The van der Waals surface area contributed by atoms with Crippen LogP contribution >= 0.6 is 12.2 Å². The summed E-state index contributed by atoms with van der Waals surface area (Å²) in [5.41, 5.74) is 2.36. The van der Waals surface area contributed by atoms with Crippen LogP contribution in [0.5, 0.6) is 0 Å². The second-order valence-corrected chi connectivity index (χ2v) is 3.95. The number of benzene rings is 1. The van der Waals surface area contributed by atoms with E-state index < -0.39 is 0 Å². The number of hydrogen-bond acceptors (Lipinski definition) is 2. The molecule has 1 rings (SSSR count). The standard InChI is InChI=1S/C12H15NS/c1-10-4-6-11(7-5-10)12(14)8-9-13(2)3/h4-9H,1-3H3. The Morgan fingerprint density at radius 3 is 2.29 bits per heavy atom. The van der Waals surface area contributed by atoms with Crippen molar-refractivity contribution in [2.75, 3.05) is 14.1 Å². The number of aryl methyl sites for hydroxylation is 1. The molecule has 0 saturated carbocycles. The predicted molar refractivity (Wildman–Crippen MR) is 65.7 cm³/mol. The van der Waals surface area contributed by atoms with Crippen LogP contribution in [0.2, 0.25) is 0 Å². The number of thiocarbonyl (C=S) groups is 1. The first-order valence-corrected chi connectivity index (χ1v) is 4.96. The fraction of sp³-hybridized carbons (Fsp3) is 0.250. The van der Waals surface area contributed by atoms with E-state index in [0.29, 0.717) is 0 Å². The highest BCUT2D eigenvalue weighted by atomic mass is 32.1. The van der Waals surface area contributed by atoms with Gasteiger partial charge in [-0.2, -0.15) is 0 Å². The maximum atomic E-state index is 5.27. The van der Waals surface area contributed by atoms with Crippen molar-refractivity contribution in [1.82, 2.24) is 4.90 Å². The van der Waals surface area contributed by atoms with Gasteiger partial charge in [-0.05, 0) is 24.8 Å². The molecule has 0 unspecified atom stereocenters. The van der Waals surface area contributed by atoms with E-state index in [4.69, 9.17) is 12.2 Å². The van der Waals surface area contributed by atoms with Crippen LogP contribution in [0.25, 0.3) is 0 Å². The Balaban J connectivity index is 2.75. The van der Waals surface area contributed by atoms with Crippen LogP contribution in [0.1, 0.15) is 11.1 Å². The van der Waals surface area contributed by atoms with Gasteiger partial charge in [0.15, 0.2) is 0 Å². The van der Waals surface area contributed by atoms with Crippen LogP contribution in [-0.4, -0.2) is 23.9 Å². The van der Waals surface area contributed by atoms with Crippen molar-refractivity contribution < 1.29 is 0 Å². The molecule has 74 valence electrons. The zero-order chi connectivity index (χ0) is 10.6. The number of rotatable bonds is 3. The lowest BCUT2D eigenvalue weighted by Crippen LogP contribution is -2.02. The highest BCUT2D eigenvalue weighted by molar-refractivity contribution is 7.81. The largest absolute Gasteiger partial charge is 0.383 e. The predicted octanol–water partition coefficient (Wildman–Crippen LogP) is 2.79. The summed E-state index contributed by atoms with van der Waals surface area (Å²) in [5.74, 6) is 0. The fourth-order valence-electron chi connectivity index (χ4n) is 1.03. The molecule has 0 N–H and O–H groups in total. The molecule has 0 aliphatic carbocycles. The number of allylic oxidation sites excluding steroid dienone is 1. The first-order valence-electron chi connectivity index (χ1n) is 4.55. The minimum atomic E-state index is 0.874. The van der Waals surface area contributed by atoms with Gasteiger partial charge in [0, 0.05) is 19.0 Å². The maximum absolute atomic E-state index is 5.27. The Hall–Kier alpha value is -1.15. The van der Waals surface area contributed by atoms with Gasteiger partial charge in [0.2, 0.25) is 0 Å². The van der Waals surface area contributed by atoms with Crippen LogP contribution < -0.4 is 0 Å². The van der Waals surface area contributed by atoms with Gasteiger partial charge in [-0.15, -0.1) is 0 Å². The van der Waals surface area contributed by atoms with E-state index in [9.17, 15) is 0 Å². The number of nitrogens with zero attached hydrogens (tertiary/aromatic N) is 1. The normalized spacial score (nSPS) is 10.5. The second-order valence-electron chi connectivity index (χ2n) is 3.51. The zero-order valence-corrected chi connectivity index (χ0v) is 9.64. The highest BCUT2D eigenvalue weighted by Crippen LogP contribution is 2.05. The monoisotopic (exact) mass is 205 g/mol. The number of hydrogen-bond donors (Lipinski definition) is 0. The van der Waals surface area contributed by atoms with Crippen LogP contribution in [0, 0.1) is 6.92 Å². The summed E-state index contributed by atoms with van der Waals surface area (Å²) < 4.78 is 0. The van der Waals surface area contributed by atoms with E-state index in [1.165, 1.54) is 5.56 Å². The van der Waals surface area contributed by atoms with Crippen LogP contribution in [0.3, 0.4) is 0 Å². The summed E-state index contributed by atoms with van der Waals surface area (Å²) in [6.45, 7) is 2.07. The van der Waals surface area contributed by atoms with Crippen LogP contribution in [-0.2, 0) is 0 Å². The zero-order valence-electron chi connectivity index (χ0n) is 8.82. The van der Waals surface area contributed by atoms with Gasteiger partial charge in [0.1, 0.15) is 0 Å². The summed E-state index contributed by atoms with van der Waals surface area (Å²) >= 11 is 5.27. The Labute approximate surface area is 91.1 Å². The molecule has 14 heavy (non-hydrogen) atoms. The van der Waals surface area contributed by atoms with Crippen molar-refractivity contribution in [2.24, 2.45) is 0 Å². The fourth-order valence-corrected chi connectivity index (χ4v) is 1.23. The molecule has 0 aliphatic rings. The summed E-state index contributed by atoms with van der Waals surface area (Å²) in [7, 11) is 3.96. The van der Waals surface area contributed by atoms with E-state index in [1.807, 2.05) is 31.3 Å². The highest BCUT2D eigenvalue weighted by Gasteiger charge is 1.95. The van der Waals surface area contributed by atoms with Gasteiger partial charge in [-0.3, -0.25) is 0 Å². The molecule has 0 bridgehead atoms. The minimum absolute atomic E-state index is 0.874. The van der Waals surface area contributed by atoms with Crippen molar-refractivity contribution in [1.29, 1.82) is 0 Å². The lowest BCUT2D eigenvalue weighted by molar-refractivity contribution is 0.564. The molecule has 0 saturated heterocycles. The molecular formula is C12H15NS. The summed E-state index contributed by atoms with van der Waals surface area (Å²) in [6, 6.07) is 8.26. The molecule has 0 amide bonds. The van der Waals surface area contributed by atoms with E-state index in [2.05, 4.69) is 31.2 Å². The summed E-state index contributed by atoms with van der Waals surface area (Å²) in [5, 5.41) is 0. The van der Waals surface area contributed by atoms with Gasteiger partial charge in [0.05, 0.1) is 0 Å². The third-order valence-corrected chi connectivity index (χ3v) is 2.23. The third kappa shape index (κ3) is 3.30. The maximum Gasteiger partial charge on any atom is 0.0463 e. The summed E-state index contributed by atoms with van der Waals surface area (Å²) in [6.07, 6.45) is 3.90. The molecule has 0 aromatic heterocycles.